The van der Waals surface area contributed by atoms with Gasteiger partial charge < -0.3 is 11.1 Å². The summed E-state index contributed by atoms with van der Waals surface area (Å²) in [5, 5.41) is 10.8. The van der Waals surface area contributed by atoms with E-state index in [1.54, 1.807) is 37.4 Å². The highest BCUT2D eigenvalue weighted by Crippen LogP contribution is 2.44. The van der Waals surface area contributed by atoms with Crippen LogP contribution in [0.25, 0.3) is 0 Å². The molecule has 1 aliphatic rings. The molecule has 1 fully saturated rings. The fourth-order valence-electron chi connectivity index (χ4n) is 3.10. The number of hydrogen-bond donors (Lipinski definition) is 3. The average molecular weight is 352 g/mol. The summed E-state index contributed by atoms with van der Waals surface area (Å²) in [7, 11) is 0. The van der Waals surface area contributed by atoms with Crippen LogP contribution in [-0.2, 0) is 10.2 Å². The zero-order chi connectivity index (χ0) is 18.7. The van der Waals surface area contributed by atoms with E-state index in [9.17, 15) is 9.18 Å². The summed E-state index contributed by atoms with van der Waals surface area (Å²) < 4.78 is 13.0. The zero-order valence-electron chi connectivity index (χ0n) is 14.6. The molecule has 0 radical (unpaired) electrons. The number of halogens is 1. The largest absolute Gasteiger partial charge is 0.402 e. The Morgan fingerprint density at radius 3 is 2.46 bits per heavy atom. The summed E-state index contributed by atoms with van der Waals surface area (Å²) in [6, 6.07) is 9.31. The first kappa shape index (κ1) is 17.8. The third-order valence-electron chi connectivity index (χ3n) is 4.71. The molecule has 0 unspecified atom stereocenters. The second-order valence-corrected chi connectivity index (χ2v) is 6.63. The maximum Gasteiger partial charge on any atom is 0.235 e. The SMILES string of the molecule is CC(N)=CC(=N)c1ccc(C2(C(=O)Nc3ccc(F)cc3)CCC2)cn1. The van der Waals surface area contributed by atoms with E-state index in [1.807, 2.05) is 6.07 Å². The predicted molar refractivity (Wildman–Crippen MR) is 99.6 cm³/mol. The lowest BCUT2D eigenvalue weighted by molar-refractivity contribution is -0.124. The van der Waals surface area contributed by atoms with Gasteiger partial charge in [-0.25, -0.2) is 4.39 Å². The van der Waals surface area contributed by atoms with Crippen molar-refractivity contribution in [3.05, 3.63) is 71.4 Å². The number of carbonyl (C=O) groups excluding carboxylic acids is 1. The first-order chi connectivity index (χ1) is 12.4. The Morgan fingerprint density at radius 2 is 1.96 bits per heavy atom. The summed E-state index contributed by atoms with van der Waals surface area (Å²) in [4.78, 5) is 17.2. The van der Waals surface area contributed by atoms with Crippen molar-refractivity contribution in [2.45, 2.75) is 31.6 Å². The van der Waals surface area contributed by atoms with Gasteiger partial charge in [0.05, 0.1) is 16.8 Å². The van der Waals surface area contributed by atoms with Crippen LogP contribution in [-0.4, -0.2) is 16.6 Å². The molecule has 0 spiro atoms. The number of nitrogens with one attached hydrogen (secondary N) is 2. The van der Waals surface area contributed by atoms with E-state index < -0.39 is 5.41 Å². The van der Waals surface area contributed by atoms with Crippen LogP contribution >= 0.6 is 0 Å². The molecule has 1 aromatic carbocycles. The lowest BCUT2D eigenvalue weighted by atomic mass is 9.64. The van der Waals surface area contributed by atoms with E-state index in [0.717, 1.165) is 24.8 Å². The minimum atomic E-state index is -0.623. The van der Waals surface area contributed by atoms with E-state index in [1.165, 1.54) is 12.1 Å². The van der Waals surface area contributed by atoms with E-state index in [-0.39, 0.29) is 17.4 Å². The lowest BCUT2D eigenvalue weighted by Gasteiger charge is -2.40. The summed E-state index contributed by atoms with van der Waals surface area (Å²) >= 11 is 0. The van der Waals surface area contributed by atoms with Gasteiger partial charge >= 0.3 is 0 Å². The Bertz CT molecular complexity index is 848. The standard InChI is InChI=1S/C20H21FN4O/c1-13(22)11-17(23)18-8-3-14(12-24-18)20(9-2-10-20)19(26)25-16-6-4-15(21)5-7-16/h3-8,11-12,23H,2,9-10,22H2,1H3,(H,25,26). The fraction of sp³-hybridized carbons (Fsp3) is 0.250. The van der Waals surface area contributed by atoms with Crippen molar-refractivity contribution >= 4 is 17.3 Å². The Kier molecular flexibility index (Phi) is 4.84. The van der Waals surface area contributed by atoms with Gasteiger partial charge in [0.1, 0.15) is 5.82 Å². The number of amides is 1. The third kappa shape index (κ3) is 3.49. The molecule has 1 saturated carbocycles. The summed E-state index contributed by atoms with van der Waals surface area (Å²) in [5.74, 6) is -0.456. The van der Waals surface area contributed by atoms with Crippen LogP contribution in [0.5, 0.6) is 0 Å². The van der Waals surface area contributed by atoms with Gasteiger partial charge in [0.15, 0.2) is 0 Å². The molecule has 5 nitrogen and oxygen atoms in total. The first-order valence-electron chi connectivity index (χ1n) is 8.47. The number of pyridine rings is 1. The smallest absolute Gasteiger partial charge is 0.235 e. The van der Waals surface area contributed by atoms with Gasteiger partial charge in [0.25, 0.3) is 0 Å². The fourth-order valence-corrected chi connectivity index (χ4v) is 3.10. The van der Waals surface area contributed by atoms with Crippen molar-refractivity contribution in [1.29, 1.82) is 5.41 Å². The van der Waals surface area contributed by atoms with Gasteiger partial charge in [-0.1, -0.05) is 12.5 Å². The summed E-state index contributed by atoms with van der Waals surface area (Å²) in [6.45, 7) is 1.71. The molecule has 4 N–H and O–H groups in total. The molecule has 134 valence electrons. The number of nitrogens with zero attached hydrogens (tertiary/aromatic N) is 1. The Balaban J connectivity index is 1.81. The van der Waals surface area contributed by atoms with Crippen molar-refractivity contribution in [2.24, 2.45) is 5.73 Å². The minimum absolute atomic E-state index is 0.113. The predicted octanol–water partition coefficient (Wildman–Crippen LogP) is 3.51. The second kappa shape index (κ2) is 7.07. The molecule has 1 amide bonds. The molecule has 2 aromatic rings. The van der Waals surface area contributed by atoms with Gasteiger partial charge in [-0.2, -0.15) is 0 Å². The monoisotopic (exact) mass is 352 g/mol. The van der Waals surface area contributed by atoms with E-state index in [2.05, 4.69) is 10.3 Å². The molecule has 1 aliphatic carbocycles. The van der Waals surface area contributed by atoms with Gasteiger partial charge in [-0.05, 0) is 61.7 Å². The highest BCUT2D eigenvalue weighted by atomic mass is 19.1. The minimum Gasteiger partial charge on any atom is -0.402 e. The molecule has 0 aliphatic heterocycles. The number of aromatic nitrogens is 1. The van der Waals surface area contributed by atoms with Gasteiger partial charge in [0.2, 0.25) is 5.91 Å². The number of allylic oxidation sites excluding steroid dienone is 2. The Morgan fingerprint density at radius 1 is 1.27 bits per heavy atom. The maximum absolute atomic E-state index is 13.0. The van der Waals surface area contributed by atoms with Crippen molar-refractivity contribution in [2.75, 3.05) is 5.32 Å². The van der Waals surface area contributed by atoms with Crippen LogP contribution in [0.4, 0.5) is 10.1 Å². The van der Waals surface area contributed by atoms with Crippen LogP contribution in [0.15, 0.2) is 54.4 Å². The topological polar surface area (TPSA) is 91.9 Å². The number of benzene rings is 1. The van der Waals surface area contributed by atoms with Crippen LogP contribution in [0.1, 0.15) is 37.4 Å². The van der Waals surface area contributed by atoms with Crippen molar-refractivity contribution in [3.63, 3.8) is 0 Å². The van der Waals surface area contributed by atoms with E-state index in [4.69, 9.17) is 11.1 Å². The molecule has 26 heavy (non-hydrogen) atoms. The highest BCUT2D eigenvalue weighted by Gasteiger charge is 2.45. The zero-order valence-corrected chi connectivity index (χ0v) is 14.6. The van der Waals surface area contributed by atoms with Crippen LogP contribution in [0.2, 0.25) is 0 Å². The highest BCUT2D eigenvalue weighted by molar-refractivity contribution is 6.05. The number of nitrogens with two attached hydrogens (primary N) is 1. The van der Waals surface area contributed by atoms with E-state index >= 15 is 0 Å². The Hall–Kier alpha value is -3.02. The van der Waals surface area contributed by atoms with Crippen molar-refractivity contribution in [1.82, 2.24) is 4.98 Å². The number of carbonyl (C=O) groups is 1. The maximum atomic E-state index is 13.0. The second-order valence-electron chi connectivity index (χ2n) is 6.63. The van der Waals surface area contributed by atoms with E-state index in [0.29, 0.717) is 17.1 Å². The molecule has 0 atom stereocenters. The molecule has 1 aromatic heterocycles. The van der Waals surface area contributed by atoms with Crippen LogP contribution in [0, 0.1) is 11.2 Å². The molecule has 0 saturated heterocycles. The van der Waals surface area contributed by atoms with Crippen LogP contribution < -0.4 is 11.1 Å². The first-order valence-corrected chi connectivity index (χ1v) is 8.47. The van der Waals surface area contributed by atoms with Crippen molar-refractivity contribution in [3.8, 4) is 0 Å². The molecule has 6 heteroatoms. The van der Waals surface area contributed by atoms with Crippen molar-refractivity contribution < 1.29 is 9.18 Å². The van der Waals surface area contributed by atoms with Crippen LogP contribution in [0.3, 0.4) is 0 Å². The summed E-state index contributed by atoms with van der Waals surface area (Å²) in [6.07, 6.45) is 5.64. The van der Waals surface area contributed by atoms with Gasteiger partial charge in [-0.15, -0.1) is 0 Å². The molecular weight excluding hydrogens is 331 g/mol. The summed E-state index contributed by atoms with van der Waals surface area (Å²) in [5.41, 5.74) is 7.65. The number of rotatable bonds is 5. The molecule has 1 heterocycles. The van der Waals surface area contributed by atoms with Gasteiger partial charge in [-0.3, -0.25) is 15.2 Å². The molecule has 3 rings (SSSR count). The molecule has 0 bridgehead atoms. The lowest BCUT2D eigenvalue weighted by Crippen LogP contribution is -2.46. The quantitative estimate of drug-likeness (QED) is 0.719. The molecular formula is C20H21FN4O. The normalized spacial score (nSPS) is 15.8. The third-order valence-corrected chi connectivity index (χ3v) is 4.71. The number of hydrogen-bond acceptors (Lipinski definition) is 4. The average Bonchev–Trinajstić information content (AvgIpc) is 2.56. The van der Waals surface area contributed by atoms with Gasteiger partial charge in [0, 0.05) is 17.6 Å². The number of anilines is 1. The Labute approximate surface area is 151 Å².